The summed E-state index contributed by atoms with van der Waals surface area (Å²) in [5.41, 5.74) is 1.12. The van der Waals surface area contributed by atoms with Crippen molar-refractivity contribution in [2.24, 2.45) is 0 Å². The summed E-state index contributed by atoms with van der Waals surface area (Å²) < 4.78 is 35.4. The number of furan rings is 1. The number of anilines is 1. The average molecular weight is 369 g/mol. The molecule has 0 saturated carbocycles. The van der Waals surface area contributed by atoms with Crippen molar-refractivity contribution in [3.05, 3.63) is 47.5 Å². The molecule has 136 valence electrons. The summed E-state index contributed by atoms with van der Waals surface area (Å²) in [6.07, 6.45) is 1.80. The normalized spacial score (nSPS) is 15.1. The third-order valence-electron chi connectivity index (χ3n) is 3.86. The standard InChI is InChI=1S/C17H21F2N3O2S/c18-17(19)25-12-15-4-3-14(24-15)11-20-10-13-2-1-5-21-16(13)22-6-8-23-9-7-22/h1-5,17,20H,6-12H2. The molecule has 0 radical (unpaired) electrons. The van der Waals surface area contributed by atoms with Crippen molar-refractivity contribution < 1.29 is 17.9 Å². The van der Waals surface area contributed by atoms with Crippen molar-refractivity contribution in [1.82, 2.24) is 10.3 Å². The first-order valence-corrected chi connectivity index (χ1v) is 9.22. The number of halogens is 2. The van der Waals surface area contributed by atoms with Gasteiger partial charge >= 0.3 is 0 Å². The van der Waals surface area contributed by atoms with Crippen molar-refractivity contribution in [1.29, 1.82) is 0 Å². The van der Waals surface area contributed by atoms with E-state index in [1.54, 1.807) is 12.3 Å². The van der Waals surface area contributed by atoms with Gasteiger partial charge in [-0.3, -0.25) is 0 Å². The first-order valence-electron chi connectivity index (χ1n) is 8.17. The third kappa shape index (κ3) is 5.42. The summed E-state index contributed by atoms with van der Waals surface area (Å²) >= 11 is 0.565. The first-order chi connectivity index (χ1) is 12.2. The van der Waals surface area contributed by atoms with E-state index in [4.69, 9.17) is 9.15 Å². The maximum absolute atomic E-state index is 12.2. The molecular weight excluding hydrogens is 348 g/mol. The largest absolute Gasteiger partial charge is 0.464 e. The van der Waals surface area contributed by atoms with Crippen molar-refractivity contribution in [3.63, 3.8) is 0 Å². The molecule has 0 unspecified atom stereocenters. The van der Waals surface area contributed by atoms with Gasteiger partial charge in [0.25, 0.3) is 5.76 Å². The zero-order valence-corrected chi connectivity index (χ0v) is 14.6. The van der Waals surface area contributed by atoms with E-state index in [1.807, 2.05) is 12.1 Å². The van der Waals surface area contributed by atoms with Gasteiger partial charge < -0.3 is 19.4 Å². The molecule has 2 aromatic heterocycles. The van der Waals surface area contributed by atoms with Gasteiger partial charge in [0.2, 0.25) is 0 Å². The number of pyridine rings is 1. The lowest BCUT2D eigenvalue weighted by molar-refractivity contribution is 0.122. The minimum Gasteiger partial charge on any atom is -0.464 e. The van der Waals surface area contributed by atoms with Gasteiger partial charge in [-0.2, -0.15) is 8.78 Å². The number of alkyl halides is 2. The van der Waals surface area contributed by atoms with Gasteiger partial charge in [-0.15, -0.1) is 0 Å². The fourth-order valence-corrected chi connectivity index (χ4v) is 3.13. The van der Waals surface area contributed by atoms with Crippen LogP contribution in [0.4, 0.5) is 14.6 Å². The van der Waals surface area contributed by atoms with E-state index in [0.717, 1.165) is 43.4 Å². The van der Waals surface area contributed by atoms with Crippen LogP contribution in [0.1, 0.15) is 17.1 Å². The monoisotopic (exact) mass is 369 g/mol. The molecule has 25 heavy (non-hydrogen) atoms. The van der Waals surface area contributed by atoms with Gasteiger partial charge in [-0.05, 0) is 18.2 Å². The Hall–Kier alpha value is -1.64. The van der Waals surface area contributed by atoms with Crippen LogP contribution in [0.3, 0.4) is 0 Å². The maximum Gasteiger partial charge on any atom is 0.284 e. The number of morpholine rings is 1. The van der Waals surface area contributed by atoms with Crippen LogP contribution in [0, 0.1) is 0 Å². The molecule has 3 heterocycles. The molecule has 0 bridgehead atoms. The summed E-state index contributed by atoms with van der Waals surface area (Å²) in [5, 5.41) is 3.33. The second-order valence-corrected chi connectivity index (χ2v) is 6.61. The van der Waals surface area contributed by atoms with E-state index >= 15 is 0 Å². The van der Waals surface area contributed by atoms with E-state index in [-0.39, 0.29) is 5.75 Å². The summed E-state index contributed by atoms with van der Waals surface area (Å²) in [6, 6.07) is 7.54. The molecule has 0 spiro atoms. The van der Waals surface area contributed by atoms with Gasteiger partial charge in [-0.25, -0.2) is 4.98 Å². The average Bonchev–Trinajstić information content (AvgIpc) is 3.09. The van der Waals surface area contributed by atoms with Crippen molar-refractivity contribution >= 4 is 17.6 Å². The van der Waals surface area contributed by atoms with Gasteiger partial charge in [0, 0.05) is 31.4 Å². The predicted octanol–water partition coefficient (Wildman–Crippen LogP) is 3.26. The van der Waals surface area contributed by atoms with E-state index in [2.05, 4.69) is 21.3 Å². The zero-order chi connectivity index (χ0) is 17.5. The highest BCUT2D eigenvalue weighted by atomic mass is 32.2. The number of rotatable bonds is 8. The third-order valence-corrected chi connectivity index (χ3v) is 4.56. The minimum absolute atomic E-state index is 0.182. The number of ether oxygens (including phenoxy) is 1. The Morgan fingerprint density at radius 3 is 2.76 bits per heavy atom. The number of aromatic nitrogens is 1. The van der Waals surface area contributed by atoms with Crippen LogP contribution in [0.2, 0.25) is 0 Å². The van der Waals surface area contributed by atoms with E-state index in [9.17, 15) is 8.78 Å². The topological polar surface area (TPSA) is 50.5 Å². The second kappa shape index (κ2) is 9.17. The van der Waals surface area contributed by atoms with Crippen LogP contribution in [-0.2, 0) is 23.6 Å². The Morgan fingerprint density at radius 2 is 1.96 bits per heavy atom. The number of nitrogens with one attached hydrogen (secondary N) is 1. The Bertz CT molecular complexity index is 663. The minimum atomic E-state index is -2.38. The highest BCUT2D eigenvalue weighted by Crippen LogP contribution is 2.22. The van der Waals surface area contributed by atoms with Crippen LogP contribution < -0.4 is 10.2 Å². The maximum atomic E-state index is 12.2. The first kappa shape index (κ1) is 18.2. The predicted molar refractivity (Wildman–Crippen MR) is 93.8 cm³/mol. The Balaban J connectivity index is 1.52. The molecule has 1 saturated heterocycles. The number of hydrogen-bond donors (Lipinski definition) is 1. The Labute approximate surface area is 149 Å². The lowest BCUT2D eigenvalue weighted by atomic mass is 10.2. The zero-order valence-electron chi connectivity index (χ0n) is 13.8. The van der Waals surface area contributed by atoms with Gasteiger partial charge in [-0.1, -0.05) is 17.8 Å². The summed E-state index contributed by atoms with van der Waals surface area (Å²) in [5.74, 6) is 0.0864. The van der Waals surface area contributed by atoms with Crippen molar-refractivity contribution in [2.75, 3.05) is 31.2 Å². The van der Waals surface area contributed by atoms with Gasteiger partial charge in [0.1, 0.15) is 17.3 Å². The van der Waals surface area contributed by atoms with Crippen LogP contribution in [-0.4, -0.2) is 37.0 Å². The molecule has 1 aliphatic heterocycles. The number of nitrogens with zero attached hydrogens (tertiary/aromatic N) is 2. The fraction of sp³-hybridized carbons (Fsp3) is 0.471. The molecule has 0 aliphatic carbocycles. The highest BCUT2D eigenvalue weighted by molar-refractivity contribution is 7.98. The lowest BCUT2D eigenvalue weighted by Crippen LogP contribution is -2.37. The number of hydrogen-bond acceptors (Lipinski definition) is 6. The van der Waals surface area contributed by atoms with E-state index in [0.29, 0.717) is 30.6 Å². The lowest BCUT2D eigenvalue weighted by Gasteiger charge is -2.29. The second-order valence-electron chi connectivity index (χ2n) is 5.63. The van der Waals surface area contributed by atoms with Crippen molar-refractivity contribution in [3.8, 4) is 0 Å². The van der Waals surface area contributed by atoms with Crippen LogP contribution in [0.15, 0.2) is 34.9 Å². The molecule has 0 aromatic carbocycles. The molecule has 3 rings (SSSR count). The number of thioether (sulfide) groups is 1. The fourth-order valence-electron chi connectivity index (χ4n) is 2.69. The van der Waals surface area contributed by atoms with Crippen molar-refractivity contribution in [2.45, 2.75) is 24.6 Å². The summed E-state index contributed by atoms with van der Waals surface area (Å²) in [6.45, 7) is 4.31. The Morgan fingerprint density at radius 1 is 1.16 bits per heavy atom. The molecule has 0 amide bonds. The Kier molecular flexibility index (Phi) is 6.66. The molecule has 1 fully saturated rings. The van der Waals surface area contributed by atoms with E-state index < -0.39 is 5.76 Å². The molecule has 5 nitrogen and oxygen atoms in total. The smallest absolute Gasteiger partial charge is 0.284 e. The molecule has 1 aliphatic rings. The summed E-state index contributed by atoms with van der Waals surface area (Å²) in [7, 11) is 0. The van der Waals surface area contributed by atoms with Crippen LogP contribution >= 0.6 is 11.8 Å². The molecule has 8 heteroatoms. The summed E-state index contributed by atoms with van der Waals surface area (Å²) in [4.78, 5) is 6.74. The SMILES string of the molecule is FC(F)SCc1ccc(CNCc2cccnc2N2CCOCC2)o1. The van der Waals surface area contributed by atoms with Gasteiger partial charge in [0.05, 0.1) is 25.5 Å². The quantitative estimate of drug-likeness (QED) is 0.771. The van der Waals surface area contributed by atoms with Gasteiger partial charge in [0.15, 0.2) is 0 Å². The van der Waals surface area contributed by atoms with Crippen LogP contribution in [0.5, 0.6) is 0 Å². The highest BCUT2D eigenvalue weighted by Gasteiger charge is 2.15. The molecule has 2 aromatic rings. The molecule has 0 atom stereocenters. The molecular formula is C17H21F2N3O2S. The van der Waals surface area contributed by atoms with E-state index in [1.165, 1.54) is 0 Å². The molecule has 1 N–H and O–H groups in total. The van der Waals surface area contributed by atoms with Crippen LogP contribution in [0.25, 0.3) is 0 Å².